The number of hydrogen-bond donors (Lipinski definition) is 2. The van der Waals surface area contributed by atoms with E-state index in [1.165, 1.54) is 36.8 Å². The van der Waals surface area contributed by atoms with Crippen LogP contribution in [0.1, 0.15) is 39.1 Å². The van der Waals surface area contributed by atoms with Crippen molar-refractivity contribution in [3.05, 3.63) is 73.5 Å². The van der Waals surface area contributed by atoms with Crippen LogP contribution in [0, 0.1) is 11.7 Å². The number of carboxylic acids is 1. The number of halogens is 2. The molecule has 192 valence electrons. The first-order valence-corrected chi connectivity index (χ1v) is 13.4. The number of carbonyl (C=O) groups excluding carboxylic acids is 1. The molecule has 9 nitrogen and oxygen atoms in total. The van der Waals surface area contributed by atoms with Crippen LogP contribution in [-0.4, -0.2) is 53.0 Å². The number of benzene rings is 1. The third kappa shape index (κ3) is 4.96. The highest BCUT2D eigenvalue weighted by atomic mass is 35.5. The molecule has 0 saturated carbocycles. The van der Waals surface area contributed by atoms with Gasteiger partial charge in [-0.15, -0.1) is 11.3 Å². The maximum Gasteiger partial charge on any atom is 0.347 e. The molecule has 2 aliphatic heterocycles. The zero-order valence-corrected chi connectivity index (χ0v) is 21.9. The van der Waals surface area contributed by atoms with E-state index < -0.39 is 23.8 Å². The molecule has 0 bridgehead atoms. The lowest BCUT2D eigenvalue weighted by Crippen LogP contribution is -2.41. The Labute approximate surface area is 224 Å². The zero-order valence-electron chi connectivity index (χ0n) is 19.5. The average molecular weight is 562 g/mol. The highest BCUT2D eigenvalue weighted by molar-refractivity contribution is 7.17. The fourth-order valence-corrected chi connectivity index (χ4v) is 6.12. The van der Waals surface area contributed by atoms with Gasteiger partial charge in [0.15, 0.2) is 16.0 Å². The summed E-state index contributed by atoms with van der Waals surface area (Å²) in [5.41, 5.74) is 1.27. The Kier molecular flexibility index (Phi) is 7.22. The van der Waals surface area contributed by atoms with Crippen molar-refractivity contribution >= 4 is 57.2 Å². The monoisotopic (exact) mass is 561 g/mol. The molecule has 2 aromatic heterocycles. The van der Waals surface area contributed by atoms with Crippen LogP contribution in [-0.2, 0) is 9.53 Å². The zero-order chi connectivity index (χ0) is 26.1. The summed E-state index contributed by atoms with van der Waals surface area (Å²) in [6.07, 6.45) is 4.32. The number of aromatic nitrogens is 2. The van der Waals surface area contributed by atoms with Crippen LogP contribution in [0.15, 0.2) is 52.2 Å². The maximum absolute atomic E-state index is 14.4. The highest BCUT2D eigenvalue weighted by Crippen LogP contribution is 2.41. The van der Waals surface area contributed by atoms with Gasteiger partial charge in [0.25, 0.3) is 0 Å². The van der Waals surface area contributed by atoms with Crippen LogP contribution in [0.4, 0.5) is 9.52 Å². The molecule has 13 heteroatoms. The third-order valence-corrected chi connectivity index (χ3v) is 8.49. The molecule has 37 heavy (non-hydrogen) atoms. The van der Waals surface area contributed by atoms with E-state index in [1.54, 1.807) is 12.3 Å². The van der Waals surface area contributed by atoms with E-state index >= 15 is 0 Å². The molecule has 5 rings (SSSR count). The number of methoxy groups -OCH3 is 1. The van der Waals surface area contributed by atoms with E-state index in [0.717, 1.165) is 11.3 Å². The molecule has 0 radical (unpaired) electrons. The number of anilines is 1. The van der Waals surface area contributed by atoms with Crippen LogP contribution < -0.4 is 10.2 Å². The number of carbonyl (C=O) groups is 2. The maximum atomic E-state index is 14.4. The fourth-order valence-electron chi connectivity index (χ4n) is 4.50. The Morgan fingerprint density at radius 1 is 1.27 bits per heavy atom. The molecule has 1 unspecified atom stereocenters. The molecule has 4 heterocycles. The predicted octanol–water partition coefficient (Wildman–Crippen LogP) is 4.53. The molecule has 1 aromatic carbocycles. The standard InChI is InChI=1S/C24H21ClFN5O4S2/c1-35-23(34)16-18(12-5-8-31(9-6-12)24-28-11-15(37-24)22(32)33)29-20(21-27-7-10-36-21)30-19(16)13-3-2-4-14(26)17(13)25/h2-4,7,10-12,19H,5-6,8-9H2,1H3,(H,29,30)(H,32,33). The molecule has 1 saturated heterocycles. The van der Waals surface area contributed by atoms with Gasteiger partial charge < -0.3 is 20.1 Å². The van der Waals surface area contributed by atoms with E-state index in [2.05, 4.69) is 15.3 Å². The van der Waals surface area contributed by atoms with Crippen molar-refractivity contribution in [2.75, 3.05) is 25.1 Å². The number of esters is 1. The number of nitrogens with zero attached hydrogens (tertiary/aromatic N) is 4. The number of ether oxygens (including phenoxy) is 1. The molecule has 0 spiro atoms. The van der Waals surface area contributed by atoms with Gasteiger partial charge in [-0.2, -0.15) is 0 Å². The molecule has 1 fully saturated rings. The van der Waals surface area contributed by atoms with Gasteiger partial charge in [0.05, 0.1) is 23.9 Å². The van der Waals surface area contributed by atoms with Crippen LogP contribution in [0.25, 0.3) is 0 Å². The van der Waals surface area contributed by atoms with Gasteiger partial charge in [0.2, 0.25) is 0 Å². The SMILES string of the molecule is COC(=O)C1=C(C2CCN(c3ncc(C(=O)O)s3)CC2)NC(c2nccs2)=NC1c1cccc(F)c1Cl. The molecular formula is C24H21ClFN5O4S2. The first-order chi connectivity index (χ1) is 17.9. The Balaban J connectivity index is 1.52. The average Bonchev–Trinajstić information content (AvgIpc) is 3.62. The smallest absolute Gasteiger partial charge is 0.347 e. The molecule has 2 aliphatic rings. The number of piperidine rings is 1. The van der Waals surface area contributed by atoms with Crippen LogP contribution in [0.3, 0.4) is 0 Å². The minimum absolute atomic E-state index is 0.0791. The van der Waals surface area contributed by atoms with Crippen molar-refractivity contribution in [2.45, 2.75) is 18.9 Å². The number of aromatic carboxylic acids is 1. The number of allylic oxidation sites excluding steroid dienone is 1. The topological polar surface area (TPSA) is 117 Å². The lowest BCUT2D eigenvalue weighted by molar-refractivity contribution is -0.136. The van der Waals surface area contributed by atoms with Crippen LogP contribution in [0.2, 0.25) is 5.02 Å². The summed E-state index contributed by atoms with van der Waals surface area (Å²) in [5.74, 6) is -1.80. The first-order valence-electron chi connectivity index (χ1n) is 11.3. The summed E-state index contributed by atoms with van der Waals surface area (Å²) >= 11 is 8.87. The van der Waals surface area contributed by atoms with Gasteiger partial charge in [-0.05, 0) is 18.9 Å². The molecule has 2 N–H and O–H groups in total. The van der Waals surface area contributed by atoms with Gasteiger partial charge in [0.1, 0.15) is 16.7 Å². The second-order valence-corrected chi connectivity index (χ2v) is 10.7. The number of aliphatic imine (C=N–C) groups is 1. The van der Waals surface area contributed by atoms with Crippen LogP contribution in [0.5, 0.6) is 0 Å². The summed E-state index contributed by atoms with van der Waals surface area (Å²) in [6, 6.07) is 3.55. The third-order valence-electron chi connectivity index (χ3n) is 6.27. The number of thiazole rings is 2. The van der Waals surface area contributed by atoms with Gasteiger partial charge in [-0.1, -0.05) is 35.1 Å². The quantitative estimate of drug-likeness (QED) is 0.422. The molecule has 0 amide bonds. The van der Waals surface area contributed by atoms with E-state index in [1.807, 2.05) is 10.3 Å². The Morgan fingerprint density at radius 3 is 2.70 bits per heavy atom. The first kappa shape index (κ1) is 25.3. The fraction of sp³-hybridized carbons (Fsp3) is 0.292. The van der Waals surface area contributed by atoms with Crippen molar-refractivity contribution in [1.82, 2.24) is 15.3 Å². The lowest BCUT2D eigenvalue weighted by atomic mass is 9.86. The lowest BCUT2D eigenvalue weighted by Gasteiger charge is -2.36. The van der Waals surface area contributed by atoms with Gasteiger partial charge in [-0.3, -0.25) is 4.99 Å². The summed E-state index contributed by atoms with van der Waals surface area (Å²) < 4.78 is 19.6. The van der Waals surface area contributed by atoms with Crippen molar-refractivity contribution in [3.8, 4) is 0 Å². The minimum Gasteiger partial charge on any atom is -0.477 e. The number of carboxylic acid groups (broad SMARTS) is 1. The number of hydrogen-bond acceptors (Lipinski definition) is 10. The van der Waals surface area contributed by atoms with Crippen LogP contribution >= 0.6 is 34.3 Å². The summed E-state index contributed by atoms with van der Waals surface area (Å²) in [4.78, 5) is 40.0. The second-order valence-electron chi connectivity index (χ2n) is 8.38. The largest absolute Gasteiger partial charge is 0.477 e. The van der Waals surface area contributed by atoms with Crippen molar-refractivity contribution < 1.29 is 23.8 Å². The Hall–Kier alpha value is -3.35. The Morgan fingerprint density at radius 2 is 2.05 bits per heavy atom. The van der Waals surface area contributed by atoms with E-state index in [9.17, 15) is 19.1 Å². The van der Waals surface area contributed by atoms with E-state index in [0.29, 0.717) is 53.2 Å². The molecule has 3 aromatic rings. The summed E-state index contributed by atoms with van der Waals surface area (Å²) in [7, 11) is 1.29. The van der Waals surface area contributed by atoms with Crippen molar-refractivity contribution in [3.63, 3.8) is 0 Å². The predicted molar refractivity (Wildman–Crippen MR) is 139 cm³/mol. The second kappa shape index (κ2) is 10.6. The highest BCUT2D eigenvalue weighted by Gasteiger charge is 2.38. The summed E-state index contributed by atoms with van der Waals surface area (Å²) in [5, 5.41) is 15.5. The van der Waals surface area contributed by atoms with Gasteiger partial charge >= 0.3 is 11.9 Å². The van der Waals surface area contributed by atoms with E-state index in [4.69, 9.17) is 21.3 Å². The summed E-state index contributed by atoms with van der Waals surface area (Å²) in [6.45, 7) is 1.21. The van der Waals surface area contributed by atoms with Gasteiger partial charge in [-0.25, -0.2) is 23.9 Å². The number of amidine groups is 1. The minimum atomic E-state index is -1.01. The number of rotatable bonds is 6. The normalized spacial score (nSPS) is 18.4. The van der Waals surface area contributed by atoms with Crippen molar-refractivity contribution in [2.24, 2.45) is 10.9 Å². The van der Waals surface area contributed by atoms with Gasteiger partial charge in [0, 0.05) is 41.8 Å². The Bertz CT molecular complexity index is 1400. The molecule has 1 atom stereocenters. The number of nitrogens with one attached hydrogen (secondary N) is 1. The van der Waals surface area contributed by atoms with Crippen molar-refractivity contribution in [1.29, 1.82) is 0 Å². The molecule has 0 aliphatic carbocycles. The molecular weight excluding hydrogens is 541 g/mol. The van der Waals surface area contributed by atoms with E-state index in [-0.39, 0.29) is 21.4 Å².